The van der Waals surface area contributed by atoms with E-state index in [2.05, 4.69) is 26.2 Å². The van der Waals surface area contributed by atoms with Gasteiger partial charge in [-0.15, -0.1) is 0 Å². The average molecular weight is 380 g/mol. The number of benzene rings is 1. The van der Waals surface area contributed by atoms with Crippen molar-refractivity contribution in [2.75, 3.05) is 5.32 Å². The first-order valence-corrected chi connectivity index (χ1v) is 7.71. The van der Waals surface area contributed by atoms with E-state index in [4.69, 9.17) is 0 Å². The van der Waals surface area contributed by atoms with Crippen molar-refractivity contribution < 1.29 is 13.6 Å². The summed E-state index contributed by atoms with van der Waals surface area (Å²) in [4.78, 5) is 17.0. The topological polar surface area (TPSA) is 46.4 Å². The van der Waals surface area contributed by atoms with Crippen molar-refractivity contribution in [3.05, 3.63) is 64.0 Å². The zero-order valence-electron chi connectivity index (χ0n) is 12.1. The second kappa shape index (κ2) is 6.08. The molecule has 0 atom stereocenters. The molecule has 1 aromatic carbocycles. The molecule has 0 unspecified atom stereocenters. The second-order valence-electron chi connectivity index (χ2n) is 4.92. The fourth-order valence-corrected chi connectivity index (χ4v) is 2.66. The van der Waals surface area contributed by atoms with Crippen LogP contribution in [0, 0.1) is 11.6 Å². The van der Waals surface area contributed by atoms with Crippen LogP contribution in [0.15, 0.2) is 41.0 Å². The largest absolute Gasteiger partial charge is 0.321 e. The summed E-state index contributed by atoms with van der Waals surface area (Å²) in [5.41, 5.74) is 1.82. The van der Waals surface area contributed by atoms with Gasteiger partial charge in [0.15, 0.2) is 11.6 Å². The zero-order chi connectivity index (χ0) is 16.6. The molecule has 0 bridgehead atoms. The molecular weight excluding hydrogens is 368 g/mol. The van der Waals surface area contributed by atoms with Crippen LogP contribution in [0.1, 0.15) is 23.1 Å². The summed E-state index contributed by atoms with van der Waals surface area (Å²) in [6.45, 7) is 1.89. The first-order valence-electron chi connectivity index (χ1n) is 6.92. The predicted molar refractivity (Wildman–Crippen MR) is 86.6 cm³/mol. The number of pyridine rings is 1. The number of halogens is 3. The number of imidazole rings is 1. The van der Waals surface area contributed by atoms with Crippen molar-refractivity contribution in [1.82, 2.24) is 9.38 Å². The van der Waals surface area contributed by atoms with Gasteiger partial charge in [0.1, 0.15) is 11.3 Å². The first-order chi connectivity index (χ1) is 11.0. The smallest absolute Gasteiger partial charge is 0.274 e. The van der Waals surface area contributed by atoms with Gasteiger partial charge in [0.2, 0.25) is 0 Å². The van der Waals surface area contributed by atoms with Crippen molar-refractivity contribution in [1.29, 1.82) is 0 Å². The van der Waals surface area contributed by atoms with Gasteiger partial charge in [0.05, 0.1) is 5.69 Å². The van der Waals surface area contributed by atoms with Crippen LogP contribution in [0.25, 0.3) is 5.65 Å². The zero-order valence-corrected chi connectivity index (χ0v) is 13.7. The minimum absolute atomic E-state index is 0.181. The summed E-state index contributed by atoms with van der Waals surface area (Å²) >= 11 is 3.36. The Morgan fingerprint density at radius 2 is 2.04 bits per heavy atom. The third-order valence-corrected chi connectivity index (χ3v) is 3.85. The number of nitrogens with one attached hydrogen (secondary N) is 1. The molecule has 0 aliphatic rings. The standard InChI is InChI=1S/C16H12BrF2N3O/c1-2-13-15(22-8-9(17)3-6-14(22)21-13)16(23)20-10-4-5-11(18)12(19)7-10/h3-8H,2H2,1H3,(H,20,23). The van der Waals surface area contributed by atoms with Crippen molar-refractivity contribution in [3.8, 4) is 0 Å². The highest BCUT2D eigenvalue weighted by Crippen LogP contribution is 2.20. The lowest BCUT2D eigenvalue weighted by molar-refractivity contribution is 0.102. The predicted octanol–water partition coefficient (Wildman–Crippen LogP) is 4.19. The number of nitrogens with zero attached hydrogens (tertiary/aromatic N) is 2. The van der Waals surface area contributed by atoms with Gasteiger partial charge in [-0.2, -0.15) is 0 Å². The SMILES string of the molecule is CCc1nc2ccc(Br)cn2c1C(=O)Nc1ccc(F)c(F)c1. The molecular formula is C16H12BrF2N3O. The summed E-state index contributed by atoms with van der Waals surface area (Å²) in [6, 6.07) is 6.84. The van der Waals surface area contributed by atoms with Gasteiger partial charge in [-0.05, 0) is 46.6 Å². The molecule has 0 saturated carbocycles. The lowest BCUT2D eigenvalue weighted by Crippen LogP contribution is -2.16. The summed E-state index contributed by atoms with van der Waals surface area (Å²) in [5, 5.41) is 2.58. The fraction of sp³-hybridized carbons (Fsp3) is 0.125. The van der Waals surface area contributed by atoms with Crippen LogP contribution in [0.3, 0.4) is 0 Å². The molecule has 23 heavy (non-hydrogen) atoms. The molecule has 4 nitrogen and oxygen atoms in total. The van der Waals surface area contributed by atoms with Crippen LogP contribution < -0.4 is 5.32 Å². The van der Waals surface area contributed by atoms with Gasteiger partial charge in [0.25, 0.3) is 5.91 Å². The first kappa shape index (κ1) is 15.6. The Labute approximate surface area is 139 Å². The lowest BCUT2D eigenvalue weighted by Gasteiger charge is -2.07. The number of anilines is 1. The minimum Gasteiger partial charge on any atom is -0.321 e. The maximum absolute atomic E-state index is 13.3. The van der Waals surface area contributed by atoms with Crippen LogP contribution in [0.5, 0.6) is 0 Å². The van der Waals surface area contributed by atoms with Gasteiger partial charge in [0, 0.05) is 22.4 Å². The molecule has 0 saturated heterocycles. The number of carbonyl (C=O) groups is 1. The lowest BCUT2D eigenvalue weighted by atomic mass is 10.2. The summed E-state index contributed by atoms with van der Waals surface area (Å²) in [6.07, 6.45) is 2.31. The van der Waals surface area contributed by atoms with Crippen LogP contribution >= 0.6 is 15.9 Å². The molecule has 0 fully saturated rings. The van der Waals surface area contributed by atoms with Crippen LogP contribution in [-0.2, 0) is 6.42 Å². The van der Waals surface area contributed by atoms with E-state index in [0.717, 1.165) is 16.6 Å². The van der Waals surface area contributed by atoms with E-state index in [1.165, 1.54) is 6.07 Å². The molecule has 0 aliphatic carbocycles. The van der Waals surface area contributed by atoms with E-state index < -0.39 is 17.5 Å². The Kier molecular flexibility index (Phi) is 4.12. The van der Waals surface area contributed by atoms with Crippen LogP contribution in [0.4, 0.5) is 14.5 Å². The quantitative estimate of drug-likeness (QED) is 0.741. The third kappa shape index (κ3) is 2.96. The Morgan fingerprint density at radius 1 is 1.26 bits per heavy atom. The highest BCUT2D eigenvalue weighted by molar-refractivity contribution is 9.10. The molecule has 2 heterocycles. The monoisotopic (exact) mass is 379 g/mol. The molecule has 0 radical (unpaired) electrons. The van der Waals surface area contributed by atoms with E-state index >= 15 is 0 Å². The van der Waals surface area contributed by atoms with Crippen molar-refractivity contribution in [2.45, 2.75) is 13.3 Å². The number of carbonyl (C=O) groups excluding carboxylic acids is 1. The Hall–Kier alpha value is -2.28. The third-order valence-electron chi connectivity index (χ3n) is 3.38. The highest BCUT2D eigenvalue weighted by atomic mass is 79.9. The van der Waals surface area contributed by atoms with Crippen molar-refractivity contribution in [3.63, 3.8) is 0 Å². The van der Waals surface area contributed by atoms with E-state index in [0.29, 0.717) is 23.5 Å². The van der Waals surface area contributed by atoms with E-state index in [9.17, 15) is 13.6 Å². The number of hydrogen-bond acceptors (Lipinski definition) is 2. The number of aromatic nitrogens is 2. The van der Waals surface area contributed by atoms with Crippen LogP contribution in [0.2, 0.25) is 0 Å². The molecule has 0 aliphatic heterocycles. The maximum atomic E-state index is 13.3. The van der Waals surface area contributed by atoms with Crippen molar-refractivity contribution >= 4 is 33.2 Å². The number of fused-ring (bicyclic) bond motifs is 1. The maximum Gasteiger partial charge on any atom is 0.274 e. The molecule has 3 aromatic rings. The Balaban J connectivity index is 2.02. The highest BCUT2D eigenvalue weighted by Gasteiger charge is 2.19. The Morgan fingerprint density at radius 3 is 2.74 bits per heavy atom. The normalized spacial score (nSPS) is 11.0. The molecule has 3 rings (SSSR count). The van der Waals surface area contributed by atoms with Gasteiger partial charge in [-0.1, -0.05) is 6.92 Å². The molecule has 1 N–H and O–H groups in total. The summed E-state index contributed by atoms with van der Waals surface area (Å²) in [5.74, 6) is -2.41. The fourth-order valence-electron chi connectivity index (χ4n) is 2.32. The Bertz CT molecular complexity index is 908. The molecule has 2 aromatic heterocycles. The summed E-state index contributed by atoms with van der Waals surface area (Å²) in [7, 11) is 0. The summed E-state index contributed by atoms with van der Waals surface area (Å²) < 4.78 is 28.7. The van der Waals surface area contributed by atoms with Gasteiger partial charge < -0.3 is 5.32 Å². The molecule has 7 heteroatoms. The molecule has 0 spiro atoms. The van der Waals surface area contributed by atoms with Gasteiger partial charge >= 0.3 is 0 Å². The number of hydrogen-bond donors (Lipinski definition) is 1. The van der Waals surface area contributed by atoms with Crippen LogP contribution in [-0.4, -0.2) is 15.3 Å². The number of rotatable bonds is 3. The number of amides is 1. The minimum atomic E-state index is -1.01. The van der Waals surface area contributed by atoms with E-state index in [1.807, 2.05) is 13.0 Å². The van der Waals surface area contributed by atoms with E-state index in [-0.39, 0.29) is 5.69 Å². The second-order valence-corrected chi connectivity index (χ2v) is 5.83. The van der Waals surface area contributed by atoms with Gasteiger partial charge in [-0.3, -0.25) is 9.20 Å². The van der Waals surface area contributed by atoms with Gasteiger partial charge in [-0.25, -0.2) is 13.8 Å². The van der Waals surface area contributed by atoms with Crippen molar-refractivity contribution in [2.24, 2.45) is 0 Å². The molecule has 1 amide bonds. The number of aryl methyl sites for hydroxylation is 1. The van der Waals surface area contributed by atoms with E-state index in [1.54, 1.807) is 16.7 Å². The molecule has 118 valence electrons. The average Bonchev–Trinajstić information content (AvgIpc) is 2.88.